The Morgan fingerprint density at radius 1 is 1.48 bits per heavy atom. The Balaban J connectivity index is 1.81. The molecule has 25 heavy (non-hydrogen) atoms. The zero-order valence-corrected chi connectivity index (χ0v) is 15.3. The van der Waals surface area contributed by atoms with Gasteiger partial charge in [0.25, 0.3) is 5.56 Å². The molecule has 10 heteroatoms. The van der Waals surface area contributed by atoms with E-state index < -0.39 is 11.7 Å². The molecule has 2 heterocycles. The summed E-state index contributed by atoms with van der Waals surface area (Å²) in [5.74, 6) is -0.126. The van der Waals surface area contributed by atoms with Gasteiger partial charge in [-0.15, -0.1) is 11.3 Å². The Morgan fingerprint density at radius 2 is 2.28 bits per heavy atom. The van der Waals surface area contributed by atoms with Gasteiger partial charge in [0.1, 0.15) is 23.4 Å². The third kappa shape index (κ3) is 4.00. The first-order valence-electron chi connectivity index (χ1n) is 7.21. The van der Waals surface area contributed by atoms with E-state index >= 15 is 0 Å². The van der Waals surface area contributed by atoms with Crippen LogP contribution in [0.25, 0.3) is 10.3 Å². The number of rotatable bonds is 5. The van der Waals surface area contributed by atoms with Crippen LogP contribution in [0.3, 0.4) is 0 Å². The summed E-state index contributed by atoms with van der Waals surface area (Å²) >= 11 is 8.66. The highest BCUT2D eigenvalue weighted by molar-refractivity contribution is 8.01. The van der Waals surface area contributed by atoms with Gasteiger partial charge >= 0.3 is 0 Å². The van der Waals surface area contributed by atoms with E-state index in [9.17, 15) is 14.0 Å². The summed E-state index contributed by atoms with van der Waals surface area (Å²) in [4.78, 5) is 33.0. The molecule has 3 rings (SSSR count). The van der Waals surface area contributed by atoms with Crippen molar-refractivity contribution in [2.45, 2.75) is 17.8 Å². The van der Waals surface area contributed by atoms with Crippen molar-refractivity contribution in [1.82, 2.24) is 14.5 Å². The van der Waals surface area contributed by atoms with Crippen molar-refractivity contribution >= 4 is 56.6 Å². The summed E-state index contributed by atoms with van der Waals surface area (Å²) in [7, 11) is 0. The van der Waals surface area contributed by atoms with E-state index in [0.29, 0.717) is 10.3 Å². The first-order valence-corrected chi connectivity index (χ1v) is 9.39. The molecule has 0 unspecified atom stereocenters. The molecule has 6 nitrogen and oxygen atoms in total. The number of anilines is 1. The first-order chi connectivity index (χ1) is 12.0. The number of thiazole rings is 1. The number of carbonyl (C=O) groups excluding carboxylic acids is 1. The number of hydrogen-bond donors (Lipinski definition) is 1. The summed E-state index contributed by atoms with van der Waals surface area (Å²) in [5, 5.41) is 2.63. The van der Waals surface area contributed by atoms with Crippen molar-refractivity contribution in [2.75, 3.05) is 11.1 Å². The molecule has 0 saturated carbocycles. The van der Waals surface area contributed by atoms with Crippen LogP contribution in [0.4, 0.5) is 10.1 Å². The third-order valence-electron chi connectivity index (χ3n) is 3.15. The fourth-order valence-corrected chi connectivity index (χ4v) is 4.21. The van der Waals surface area contributed by atoms with Gasteiger partial charge in [-0.25, -0.2) is 14.4 Å². The highest BCUT2D eigenvalue weighted by atomic mass is 35.5. The van der Waals surface area contributed by atoms with E-state index in [1.807, 2.05) is 6.92 Å². The van der Waals surface area contributed by atoms with E-state index in [0.717, 1.165) is 16.2 Å². The van der Waals surface area contributed by atoms with Gasteiger partial charge in [0.2, 0.25) is 5.91 Å². The van der Waals surface area contributed by atoms with E-state index in [-0.39, 0.29) is 22.8 Å². The van der Waals surface area contributed by atoms with Crippen molar-refractivity contribution < 1.29 is 9.18 Å². The van der Waals surface area contributed by atoms with Crippen LogP contribution in [-0.4, -0.2) is 26.2 Å². The predicted octanol–water partition coefficient (Wildman–Crippen LogP) is 3.40. The van der Waals surface area contributed by atoms with Crippen molar-refractivity contribution in [3.05, 3.63) is 45.7 Å². The quantitative estimate of drug-likeness (QED) is 0.666. The molecule has 2 aromatic heterocycles. The minimum atomic E-state index is -0.500. The third-order valence-corrected chi connectivity index (χ3v) is 5.52. The molecule has 0 bridgehead atoms. The first kappa shape index (κ1) is 17.8. The number of nitrogens with one attached hydrogen (secondary N) is 1. The Morgan fingerprint density at radius 3 is 3.00 bits per heavy atom. The molecule has 0 aliphatic carbocycles. The Hall–Kier alpha value is -1.97. The van der Waals surface area contributed by atoms with Crippen molar-refractivity contribution in [3.63, 3.8) is 0 Å². The van der Waals surface area contributed by atoms with Crippen LogP contribution in [0.1, 0.15) is 6.92 Å². The monoisotopic (exact) mass is 398 g/mol. The SMILES string of the molecule is CCSc1nc2ncn(CC(=O)Nc3ccc(F)cc3Cl)c(=O)c2s1. The lowest BCUT2D eigenvalue weighted by Gasteiger charge is -2.08. The zero-order chi connectivity index (χ0) is 18.0. The van der Waals surface area contributed by atoms with Gasteiger partial charge in [0.05, 0.1) is 10.7 Å². The summed E-state index contributed by atoms with van der Waals surface area (Å²) < 4.78 is 15.4. The molecule has 1 aromatic carbocycles. The molecule has 0 radical (unpaired) electrons. The maximum absolute atomic E-state index is 13.0. The second kappa shape index (κ2) is 7.51. The molecule has 0 aliphatic rings. The van der Waals surface area contributed by atoms with E-state index in [1.54, 1.807) is 0 Å². The number of halogens is 2. The molecule has 0 atom stereocenters. The van der Waals surface area contributed by atoms with Gasteiger partial charge < -0.3 is 5.32 Å². The fraction of sp³-hybridized carbons (Fsp3) is 0.200. The normalized spacial score (nSPS) is 11.0. The molecule has 0 spiro atoms. The Kier molecular flexibility index (Phi) is 5.36. The fourth-order valence-electron chi connectivity index (χ4n) is 2.06. The highest BCUT2D eigenvalue weighted by Crippen LogP contribution is 2.26. The number of benzene rings is 1. The lowest BCUT2D eigenvalue weighted by molar-refractivity contribution is -0.116. The number of carbonyl (C=O) groups is 1. The number of thioether (sulfide) groups is 1. The number of hydrogen-bond acceptors (Lipinski definition) is 6. The maximum atomic E-state index is 13.0. The molecular formula is C15H12ClFN4O2S2. The number of nitrogens with zero attached hydrogens (tertiary/aromatic N) is 3. The van der Waals surface area contributed by atoms with Gasteiger partial charge in [0.15, 0.2) is 9.99 Å². The van der Waals surface area contributed by atoms with Crippen molar-refractivity contribution in [1.29, 1.82) is 0 Å². The van der Waals surface area contributed by atoms with Crippen LogP contribution in [0, 0.1) is 5.82 Å². The second-order valence-corrected chi connectivity index (χ2v) is 7.83. The average molecular weight is 399 g/mol. The highest BCUT2D eigenvalue weighted by Gasteiger charge is 2.13. The molecular weight excluding hydrogens is 387 g/mol. The largest absolute Gasteiger partial charge is 0.323 e. The van der Waals surface area contributed by atoms with Crippen LogP contribution in [0.5, 0.6) is 0 Å². The predicted molar refractivity (Wildman–Crippen MR) is 98.1 cm³/mol. The van der Waals surface area contributed by atoms with Crippen molar-refractivity contribution in [2.24, 2.45) is 0 Å². The summed E-state index contributed by atoms with van der Waals surface area (Å²) in [6, 6.07) is 3.64. The van der Waals surface area contributed by atoms with E-state index in [1.165, 1.54) is 46.1 Å². The van der Waals surface area contributed by atoms with Gasteiger partial charge in [-0.05, 0) is 24.0 Å². The summed E-state index contributed by atoms with van der Waals surface area (Å²) in [5.41, 5.74) is 0.324. The molecule has 0 fully saturated rings. The lowest BCUT2D eigenvalue weighted by atomic mass is 10.3. The van der Waals surface area contributed by atoms with E-state index in [2.05, 4.69) is 15.3 Å². The van der Waals surface area contributed by atoms with E-state index in [4.69, 9.17) is 11.6 Å². The summed E-state index contributed by atoms with van der Waals surface area (Å²) in [6.45, 7) is 1.76. The molecule has 0 aliphatic heterocycles. The van der Waals surface area contributed by atoms with Gasteiger partial charge in [-0.1, -0.05) is 30.3 Å². The molecule has 0 saturated heterocycles. The minimum absolute atomic E-state index is 0.0814. The number of amides is 1. The standard InChI is InChI=1S/C15H12ClFN4O2S2/c1-2-24-15-20-13-12(25-15)14(23)21(7-18-13)6-11(22)19-10-4-3-8(17)5-9(10)16/h3-5,7H,2,6H2,1H3,(H,19,22). The molecule has 3 aromatic rings. The minimum Gasteiger partial charge on any atom is -0.323 e. The van der Waals surface area contributed by atoms with Crippen LogP contribution < -0.4 is 10.9 Å². The van der Waals surface area contributed by atoms with Gasteiger partial charge in [-0.3, -0.25) is 14.2 Å². The Labute approximate surface area is 155 Å². The summed E-state index contributed by atoms with van der Waals surface area (Å²) in [6.07, 6.45) is 1.29. The molecule has 1 N–H and O–H groups in total. The Bertz CT molecular complexity index is 1000. The number of fused-ring (bicyclic) bond motifs is 1. The van der Waals surface area contributed by atoms with Crippen LogP contribution >= 0.6 is 34.7 Å². The van der Waals surface area contributed by atoms with Gasteiger partial charge in [-0.2, -0.15) is 0 Å². The van der Waals surface area contributed by atoms with Crippen LogP contribution in [0.15, 0.2) is 33.7 Å². The van der Waals surface area contributed by atoms with Crippen LogP contribution in [-0.2, 0) is 11.3 Å². The average Bonchev–Trinajstić information content (AvgIpc) is 2.97. The van der Waals surface area contributed by atoms with Crippen LogP contribution in [0.2, 0.25) is 5.02 Å². The zero-order valence-electron chi connectivity index (χ0n) is 13.0. The number of aromatic nitrogens is 3. The molecule has 1 amide bonds. The van der Waals surface area contributed by atoms with Gasteiger partial charge in [0, 0.05) is 0 Å². The topological polar surface area (TPSA) is 76.9 Å². The smallest absolute Gasteiger partial charge is 0.273 e. The van der Waals surface area contributed by atoms with Crippen molar-refractivity contribution in [3.8, 4) is 0 Å². The maximum Gasteiger partial charge on any atom is 0.273 e. The second-order valence-electron chi connectivity index (χ2n) is 4.92. The lowest BCUT2D eigenvalue weighted by Crippen LogP contribution is -2.27. The molecule has 130 valence electrons.